The molecule has 1 atom stereocenters. The summed E-state index contributed by atoms with van der Waals surface area (Å²) in [5.74, 6) is -1.20. The van der Waals surface area contributed by atoms with E-state index in [0.717, 1.165) is 27.4 Å². The molecule has 4 rings (SSSR count). The molecule has 2 N–H and O–H groups in total. The number of phenolic OH excluding ortho intramolecular Hbond substituents is 1. The number of hydrogen-bond acceptors (Lipinski definition) is 4. The number of fused-ring (bicyclic) bond motifs is 2. The van der Waals surface area contributed by atoms with Crippen LogP contribution >= 0.6 is 0 Å². The largest absolute Gasteiger partial charge is 0.507 e. The maximum absolute atomic E-state index is 12.9. The summed E-state index contributed by atoms with van der Waals surface area (Å²) < 4.78 is 5.39. The molecule has 0 unspecified atom stereocenters. The fourth-order valence-electron chi connectivity index (χ4n) is 3.47. The molecule has 140 valence electrons. The Morgan fingerprint density at radius 2 is 1.64 bits per heavy atom. The summed E-state index contributed by atoms with van der Waals surface area (Å²) in [6, 6.07) is 18.0. The highest BCUT2D eigenvalue weighted by molar-refractivity contribution is 6.12. The fourth-order valence-corrected chi connectivity index (χ4v) is 3.47. The lowest BCUT2D eigenvalue weighted by molar-refractivity contribution is 0.0316. The number of aromatic hydroxyl groups is 1. The Balaban J connectivity index is 1.62. The standard InChI is InChI=1S/C23H19NO4/c1-13-21(17-9-5-6-10-19(17)24-13)22(26)14(2)28-23(27)18-11-15-7-3-4-8-16(15)12-20(18)25/h3-12,14,24-25H,1-2H3/t14-/m1/s1. The van der Waals surface area contributed by atoms with Crippen LogP contribution in [-0.4, -0.2) is 27.9 Å². The van der Waals surface area contributed by atoms with Gasteiger partial charge in [-0.05, 0) is 42.8 Å². The quantitative estimate of drug-likeness (QED) is 0.399. The molecule has 5 heteroatoms. The SMILES string of the molecule is Cc1[nH]c2ccccc2c1C(=O)[C@@H](C)OC(=O)c1cc2ccccc2cc1O. The number of aromatic nitrogens is 1. The number of aromatic amines is 1. The molecule has 0 aliphatic rings. The van der Waals surface area contributed by atoms with Crippen molar-refractivity contribution in [3.05, 3.63) is 77.5 Å². The third kappa shape index (κ3) is 3.01. The van der Waals surface area contributed by atoms with Crippen LogP contribution in [0.25, 0.3) is 21.7 Å². The maximum atomic E-state index is 12.9. The first-order valence-electron chi connectivity index (χ1n) is 9.00. The zero-order valence-electron chi connectivity index (χ0n) is 15.5. The van der Waals surface area contributed by atoms with Gasteiger partial charge in [0.05, 0.1) is 0 Å². The summed E-state index contributed by atoms with van der Waals surface area (Å²) in [5.41, 5.74) is 2.13. The Labute approximate surface area is 161 Å². The predicted molar refractivity (Wildman–Crippen MR) is 108 cm³/mol. The highest BCUT2D eigenvalue weighted by Crippen LogP contribution is 2.27. The van der Waals surface area contributed by atoms with E-state index in [9.17, 15) is 14.7 Å². The van der Waals surface area contributed by atoms with Crippen LogP contribution in [0.2, 0.25) is 0 Å². The van der Waals surface area contributed by atoms with Crippen molar-refractivity contribution in [2.75, 3.05) is 0 Å². The topological polar surface area (TPSA) is 79.4 Å². The van der Waals surface area contributed by atoms with Crippen molar-refractivity contribution in [3.8, 4) is 5.75 Å². The van der Waals surface area contributed by atoms with Gasteiger partial charge in [0.2, 0.25) is 5.78 Å². The normalized spacial score (nSPS) is 12.2. The van der Waals surface area contributed by atoms with Crippen molar-refractivity contribution in [2.24, 2.45) is 0 Å². The number of Topliss-reactive ketones (excluding diaryl/α,β-unsaturated/α-hetero) is 1. The fraction of sp³-hybridized carbons (Fsp3) is 0.130. The van der Waals surface area contributed by atoms with Gasteiger partial charge >= 0.3 is 5.97 Å². The van der Waals surface area contributed by atoms with Crippen molar-refractivity contribution in [2.45, 2.75) is 20.0 Å². The van der Waals surface area contributed by atoms with Crippen LogP contribution in [-0.2, 0) is 4.74 Å². The Morgan fingerprint density at radius 1 is 1.00 bits per heavy atom. The molecule has 0 spiro atoms. The molecule has 0 aliphatic carbocycles. The van der Waals surface area contributed by atoms with Crippen LogP contribution in [0.1, 0.15) is 33.3 Å². The summed E-state index contributed by atoms with van der Waals surface area (Å²) in [7, 11) is 0. The number of rotatable bonds is 4. The number of phenols is 1. The van der Waals surface area contributed by atoms with E-state index >= 15 is 0 Å². The molecular formula is C23H19NO4. The molecule has 3 aromatic carbocycles. The molecule has 1 heterocycles. The number of hydrogen-bond donors (Lipinski definition) is 2. The summed E-state index contributed by atoms with van der Waals surface area (Å²) in [5, 5.41) is 12.6. The molecule has 0 amide bonds. The smallest absolute Gasteiger partial charge is 0.342 e. The van der Waals surface area contributed by atoms with Gasteiger partial charge in [-0.2, -0.15) is 0 Å². The molecule has 0 fully saturated rings. The number of H-pyrrole nitrogens is 1. The molecule has 28 heavy (non-hydrogen) atoms. The highest BCUT2D eigenvalue weighted by atomic mass is 16.5. The van der Waals surface area contributed by atoms with Crippen LogP contribution in [0, 0.1) is 6.92 Å². The number of ketones is 1. The van der Waals surface area contributed by atoms with E-state index in [-0.39, 0.29) is 17.1 Å². The van der Waals surface area contributed by atoms with E-state index in [2.05, 4.69) is 4.98 Å². The summed E-state index contributed by atoms with van der Waals surface area (Å²) in [6.07, 6.45) is -0.990. The van der Waals surface area contributed by atoms with Gasteiger partial charge in [-0.25, -0.2) is 4.79 Å². The zero-order chi connectivity index (χ0) is 19.8. The molecule has 1 aromatic heterocycles. The van der Waals surface area contributed by atoms with E-state index in [1.165, 1.54) is 6.07 Å². The van der Waals surface area contributed by atoms with Gasteiger partial charge in [-0.15, -0.1) is 0 Å². The zero-order valence-corrected chi connectivity index (χ0v) is 15.5. The van der Waals surface area contributed by atoms with E-state index < -0.39 is 12.1 Å². The van der Waals surface area contributed by atoms with E-state index in [0.29, 0.717) is 5.56 Å². The number of esters is 1. The van der Waals surface area contributed by atoms with E-state index in [1.54, 1.807) is 13.0 Å². The van der Waals surface area contributed by atoms with Crippen molar-refractivity contribution in [1.29, 1.82) is 0 Å². The number of aryl methyl sites for hydroxylation is 1. The molecule has 0 saturated heterocycles. The van der Waals surface area contributed by atoms with Crippen LogP contribution in [0.4, 0.5) is 0 Å². The second-order valence-corrected chi connectivity index (χ2v) is 6.80. The Morgan fingerprint density at radius 3 is 2.39 bits per heavy atom. The number of para-hydroxylation sites is 1. The van der Waals surface area contributed by atoms with Crippen LogP contribution in [0.15, 0.2) is 60.7 Å². The first-order chi connectivity index (χ1) is 13.5. The Hall–Kier alpha value is -3.60. The van der Waals surface area contributed by atoms with Gasteiger partial charge in [-0.3, -0.25) is 4.79 Å². The number of nitrogens with one attached hydrogen (secondary N) is 1. The molecule has 0 radical (unpaired) electrons. The minimum Gasteiger partial charge on any atom is -0.507 e. The van der Waals surface area contributed by atoms with Crippen molar-refractivity contribution in [1.82, 2.24) is 4.98 Å². The number of ether oxygens (including phenoxy) is 1. The maximum Gasteiger partial charge on any atom is 0.342 e. The lowest BCUT2D eigenvalue weighted by Gasteiger charge is -2.14. The van der Waals surface area contributed by atoms with Crippen molar-refractivity contribution in [3.63, 3.8) is 0 Å². The minimum atomic E-state index is -0.990. The summed E-state index contributed by atoms with van der Waals surface area (Å²) in [6.45, 7) is 3.36. The van der Waals surface area contributed by atoms with Gasteiger partial charge in [0.1, 0.15) is 11.3 Å². The van der Waals surface area contributed by atoms with Gasteiger partial charge < -0.3 is 14.8 Å². The average molecular weight is 373 g/mol. The highest BCUT2D eigenvalue weighted by Gasteiger charge is 2.26. The van der Waals surface area contributed by atoms with Crippen molar-refractivity contribution >= 4 is 33.4 Å². The Bertz CT molecular complexity index is 1220. The molecular weight excluding hydrogens is 354 g/mol. The first kappa shape index (κ1) is 17.8. The lowest BCUT2D eigenvalue weighted by Crippen LogP contribution is -2.25. The van der Waals surface area contributed by atoms with Crippen LogP contribution in [0.3, 0.4) is 0 Å². The number of carbonyl (C=O) groups excluding carboxylic acids is 2. The van der Waals surface area contributed by atoms with Gasteiger partial charge in [0.25, 0.3) is 0 Å². The first-order valence-corrected chi connectivity index (χ1v) is 9.00. The molecule has 4 aromatic rings. The second kappa shape index (κ2) is 6.85. The van der Waals surface area contributed by atoms with Gasteiger partial charge in [-0.1, -0.05) is 42.5 Å². The Kier molecular flexibility index (Phi) is 4.35. The van der Waals surface area contributed by atoms with Crippen LogP contribution in [0.5, 0.6) is 5.75 Å². The molecule has 0 bridgehead atoms. The summed E-state index contributed by atoms with van der Waals surface area (Å²) in [4.78, 5) is 28.7. The second-order valence-electron chi connectivity index (χ2n) is 6.80. The van der Waals surface area contributed by atoms with Gasteiger partial charge in [0.15, 0.2) is 6.10 Å². The molecule has 0 saturated carbocycles. The number of carbonyl (C=O) groups is 2. The van der Waals surface area contributed by atoms with Crippen LogP contribution < -0.4 is 0 Å². The van der Waals surface area contributed by atoms with E-state index in [4.69, 9.17) is 4.74 Å². The monoisotopic (exact) mass is 373 g/mol. The third-order valence-electron chi connectivity index (χ3n) is 4.88. The minimum absolute atomic E-state index is 0.0361. The van der Waals surface area contributed by atoms with E-state index in [1.807, 2.05) is 55.5 Å². The van der Waals surface area contributed by atoms with Gasteiger partial charge in [0, 0.05) is 22.2 Å². The number of benzene rings is 3. The summed E-state index contributed by atoms with van der Waals surface area (Å²) >= 11 is 0. The average Bonchev–Trinajstić information content (AvgIpc) is 3.02. The predicted octanol–water partition coefficient (Wildman–Crippen LogP) is 4.76. The lowest BCUT2D eigenvalue weighted by atomic mass is 10.0. The molecule has 0 aliphatic heterocycles. The van der Waals surface area contributed by atoms with Crippen molar-refractivity contribution < 1.29 is 19.4 Å². The third-order valence-corrected chi connectivity index (χ3v) is 4.88. The molecule has 5 nitrogen and oxygen atoms in total.